The van der Waals surface area contributed by atoms with Crippen LogP contribution in [0.1, 0.15) is 39.0 Å². The van der Waals surface area contributed by atoms with Crippen LogP contribution >= 0.6 is 23.2 Å². The van der Waals surface area contributed by atoms with Crippen molar-refractivity contribution in [2.75, 3.05) is 13.2 Å². The minimum atomic E-state index is -3.95. The van der Waals surface area contributed by atoms with Crippen LogP contribution in [0.15, 0.2) is 23.1 Å². The average Bonchev–Trinajstić information content (AvgIpc) is 3.43. The summed E-state index contributed by atoms with van der Waals surface area (Å²) in [5.41, 5.74) is 0. The highest BCUT2D eigenvalue weighted by molar-refractivity contribution is 7.89. The van der Waals surface area contributed by atoms with Crippen LogP contribution in [0.3, 0.4) is 0 Å². The standard InChI is InChI=1S/C21H26Cl2N2O5S/c1-2-30-21(27)18-12-5-6-13(8-12)19(18)24-20(26)17-4-3-7-25(17)31(28,29)16-10-14(22)9-15(23)11-16/h9-13,17-19H,2-8H2,1H3,(H,24,26)/t12?,13?,17-,18?,19?/m0/s1. The average molecular weight is 489 g/mol. The Balaban J connectivity index is 1.53. The van der Waals surface area contributed by atoms with Crippen molar-refractivity contribution in [2.45, 2.75) is 56.0 Å². The molecule has 0 radical (unpaired) electrons. The SMILES string of the molecule is CCOC(=O)C1C2CCC(C2)C1NC(=O)[C@@H]1CCCN1S(=O)(=O)c1cc(Cl)cc(Cl)c1. The number of esters is 1. The molecule has 1 saturated heterocycles. The molecular weight excluding hydrogens is 463 g/mol. The molecule has 10 heteroatoms. The lowest BCUT2D eigenvalue weighted by atomic mass is 9.84. The summed E-state index contributed by atoms with van der Waals surface area (Å²) >= 11 is 12.0. The van der Waals surface area contributed by atoms with E-state index in [1.807, 2.05) is 0 Å². The van der Waals surface area contributed by atoms with Crippen LogP contribution in [0, 0.1) is 17.8 Å². The molecule has 31 heavy (non-hydrogen) atoms. The molecule has 2 saturated carbocycles. The molecule has 5 atom stereocenters. The van der Waals surface area contributed by atoms with Crippen LogP contribution < -0.4 is 5.32 Å². The highest BCUT2D eigenvalue weighted by Gasteiger charge is 2.53. The second-order valence-corrected chi connectivity index (χ2v) is 11.3. The van der Waals surface area contributed by atoms with Crippen molar-refractivity contribution in [1.29, 1.82) is 0 Å². The van der Waals surface area contributed by atoms with Crippen molar-refractivity contribution >= 4 is 45.1 Å². The second-order valence-electron chi connectivity index (χ2n) is 8.52. The lowest BCUT2D eigenvalue weighted by molar-refractivity contribution is -0.151. The molecule has 1 aliphatic heterocycles. The fourth-order valence-corrected chi connectivity index (χ4v) is 7.82. The van der Waals surface area contributed by atoms with Gasteiger partial charge in [0.1, 0.15) is 6.04 Å². The maximum absolute atomic E-state index is 13.2. The number of carbonyl (C=O) groups excluding carboxylic acids is 2. The van der Waals surface area contributed by atoms with Gasteiger partial charge in [0.05, 0.1) is 17.4 Å². The van der Waals surface area contributed by atoms with E-state index in [2.05, 4.69) is 5.32 Å². The maximum Gasteiger partial charge on any atom is 0.311 e. The summed E-state index contributed by atoms with van der Waals surface area (Å²) in [5, 5.41) is 3.45. The van der Waals surface area contributed by atoms with Crippen LogP contribution in [0.4, 0.5) is 0 Å². The first kappa shape index (κ1) is 22.8. The van der Waals surface area contributed by atoms with Gasteiger partial charge in [-0.1, -0.05) is 23.2 Å². The Bertz CT molecular complexity index is 966. The van der Waals surface area contributed by atoms with E-state index in [4.69, 9.17) is 27.9 Å². The molecule has 7 nitrogen and oxygen atoms in total. The van der Waals surface area contributed by atoms with E-state index in [9.17, 15) is 18.0 Å². The van der Waals surface area contributed by atoms with Crippen LogP contribution in [0.5, 0.6) is 0 Å². The van der Waals surface area contributed by atoms with Gasteiger partial charge in [-0.3, -0.25) is 9.59 Å². The van der Waals surface area contributed by atoms with Crippen molar-refractivity contribution in [3.8, 4) is 0 Å². The smallest absolute Gasteiger partial charge is 0.311 e. The molecule has 0 spiro atoms. The Labute approximate surface area is 192 Å². The molecule has 1 amide bonds. The number of sulfonamides is 1. The third-order valence-corrected chi connectivity index (χ3v) is 9.06. The third kappa shape index (κ3) is 4.32. The van der Waals surface area contributed by atoms with Crippen LogP contribution in [-0.4, -0.2) is 49.8 Å². The summed E-state index contributed by atoms with van der Waals surface area (Å²) in [4.78, 5) is 25.7. The Morgan fingerprint density at radius 1 is 1.13 bits per heavy atom. The topological polar surface area (TPSA) is 92.8 Å². The summed E-state index contributed by atoms with van der Waals surface area (Å²) in [6.07, 6.45) is 3.80. The summed E-state index contributed by atoms with van der Waals surface area (Å²) < 4.78 is 32.9. The van der Waals surface area contributed by atoms with Gasteiger partial charge in [0, 0.05) is 22.6 Å². The summed E-state index contributed by atoms with van der Waals surface area (Å²) in [6.45, 7) is 2.30. The van der Waals surface area contributed by atoms with Gasteiger partial charge in [-0.05, 0) is 69.1 Å². The molecule has 0 aromatic heterocycles. The number of ether oxygens (including phenoxy) is 1. The van der Waals surface area contributed by atoms with E-state index < -0.39 is 16.1 Å². The predicted molar refractivity (Wildman–Crippen MR) is 116 cm³/mol. The van der Waals surface area contributed by atoms with Gasteiger partial charge in [-0.25, -0.2) is 8.42 Å². The first-order valence-corrected chi connectivity index (χ1v) is 12.9. The predicted octanol–water partition coefficient (Wildman–Crippen LogP) is 3.24. The first-order chi connectivity index (χ1) is 14.7. The number of carbonyl (C=O) groups is 2. The van der Waals surface area contributed by atoms with E-state index in [1.54, 1.807) is 6.92 Å². The van der Waals surface area contributed by atoms with Crippen LogP contribution in [0.2, 0.25) is 10.0 Å². The van der Waals surface area contributed by atoms with E-state index >= 15 is 0 Å². The Morgan fingerprint density at radius 3 is 2.48 bits per heavy atom. The quantitative estimate of drug-likeness (QED) is 0.620. The molecule has 1 aromatic carbocycles. The number of fused-ring (bicyclic) bond motifs is 2. The number of amides is 1. The van der Waals surface area contributed by atoms with Crippen LogP contribution in [-0.2, 0) is 24.3 Å². The zero-order chi connectivity index (χ0) is 22.3. The largest absolute Gasteiger partial charge is 0.466 e. The fraction of sp³-hybridized carbons (Fsp3) is 0.619. The Kier molecular flexibility index (Phi) is 6.54. The van der Waals surface area contributed by atoms with Gasteiger partial charge >= 0.3 is 5.97 Å². The van der Waals surface area contributed by atoms with Gasteiger partial charge < -0.3 is 10.1 Å². The van der Waals surface area contributed by atoms with Crippen LogP contribution in [0.25, 0.3) is 0 Å². The first-order valence-electron chi connectivity index (χ1n) is 10.7. The Hall–Kier alpha value is -1.35. The summed E-state index contributed by atoms with van der Waals surface area (Å²) in [7, 11) is -3.95. The minimum Gasteiger partial charge on any atom is -0.466 e. The molecular formula is C21H26Cl2N2O5S. The second kappa shape index (κ2) is 8.89. The van der Waals surface area contributed by atoms with E-state index in [0.29, 0.717) is 19.4 Å². The molecule has 1 N–H and O–H groups in total. The summed E-state index contributed by atoms with van der Waals surface area (Å²) in [5.74, 6) is -0.556. The van der Waals surface area contributed by atoms with Gasteiger partial charge in [-0.15, -0.1) is 0 Å². The molecule has 3 fully saturated rings. The molecule has 3 aliphatic rings. The normalized spacial score (nSPS) is 30.5. The number of benzene rings is 1. The zero-order valence-corrected chi connectivity index (χ0v) is 19.5. The summed E-state index contributed by atoms with van der Waals surface area (Å²) in [6, 6.07) is 2.99. The number of nitrogens with zero attached hydrogens (tertiary/aromatic N) is 1. The van der Waals surface area contributed by atoms with Gasteiger partial charge in [0.15, 0.2) is 0 Å². The van der Waals surface area contributed by atoms with E-state index in [0.717, 1.165) is 19.3 Å². The van der Waals surface area contributed by atoms with Crippen molar-refractivity contribution in [3.05, 3.63) is 28.2 Å². The van der Waals surface area contributed by atoms with Crippen molar-refractivity contribution < 1.29 is 22.7 Å². The van der Waals surface area contributed by atoms with Crippen molar-refractivity contribution in [2.24, 2.45) is 17.8 Å². The number of rotatable bonds is 6. The lowest BCUT2D eigenvalue weighted by Gasteiger charge is -2.32. The molecule has 4 unspecified atom stereocenters. The highest BCUT2D eigenvalue weighted by Crippen LogP contribution is 2.49. The number of halogens is 2. The monoisotopic (exact) mass is 488 g/mol. The molecule has 2 aliphatic carbocycles. The Morgan fingerprint density at radius 2 is 1.81 bits per heavy atom. The molecule has 2 bridgehead atoms. The number of nitrogens with one attached hydrogen (secondary N) is 1. The zero-order valence-electron chi connectivity index (χ0n) is 17.2. The fourth-order valence-electron chi connectivity index (χ4n) is 5.44. The highest BCUT2D eigenvalue weighted by atomic mass is 35.5. The molecule has 4 rings (SSSR count). The van der Waals surface area contributed by atoms with Crippen molar-refractivity contribution in [1.82, 2.24) is 9.62 Å². The lowest BCUT2D eigenvalue weighted by Crippen LogP contribution is -2.53. The minimum absolute atomic E-state index is 0.0333. The van der Waals surface area contributed by atoms with Gasteiger partial charge in [-0.2, -0.15) is 4.31 Å². The third-order valence-electron chi connectivity index (χ3n) is 6.73. The molecule has 1 aromatic rings. The van der Waals surface area contributed by atoms with Gasteiger partial charge in [0.2, 0.25) is 15.9 Å². The van der Waals surface area contributed by atoms with E-state index in [1.165, 1.54) is 22.5 Å². The number of hydrogen-bond donors (Lipinski definition) is 1. The molecule has 170 valence electrons. The van der Waals surface area contributed by atoms with E-state index in [-0.39, 0.29) is 57.2 Å². The van der Waals surface area contributed by atoms with Crippen molar-refractivity contribution in [3.63, 3.8) is 0 Å². The van der Waals surface area contributed by atoms with Gasteiger partial charge in [0.25, 0.3) is 0 Å². The number of hydrogen-bond acceptors (Lipinski definition) is 5. The maximum atomic E-state index is 13.2. The molecule has 1 heterocycles.